The third kappa shape index (κ3) is 6.33. The first kappa shape index (κ1) is 21.5. The molecule has 4 heteroatoms. The minimum absolute atomic E-state index is 0.177. The van der Waals surface area contributed by atoms with Crippen LogP contribution in [0.3, 0.4) is 0 Å². The fraction of sp³-hybridized carbons (Fsp3) is 0.714. The van der Waals surface area contributed by atoms with Crippen LogP contribution in [0.25, 0.3) is 0 Å². The first-order chi connectivity index (χ1) is 11.5. The Morgan fingerprint density at radius 1 is 1.24 bits per heavy atom. The van der Waals surface area contributed by atoms with Crippen molar-refractivity contribution in [1.82, 2.24) is 0 Å². The highest BCUT2D eigenvalue weighted by Gasteiger charge is 2.34. The Labute approximate surface area is 152 Å². The van der Waals surface area contributed by atoms with Gasteiger partial charge in [0.2, 0.25) is 0 Å². The normalized spacial score (nSPS) is 17.3. The van der Waals surface area contributed by atoms with Gasteiger partial charge in [0, 0.05) is 29.2 Å². The highest BCUT2D eigenvalue weighted by Crippen LogP contribution is 2.35. The lowest BCUT2D eigenvalue weighted by Gasteiger charge is -2.30. The molecule has 4 nitrogen and oxygen atoms in total. The van der Waals surface area contributed by atoms with Gasteiger partial charge >= 0.3 is 0 Å². The van der Waals surface area contributed by atoms with Gasteiger partial charge < -0.3 is 14.3 Å². The van der Waals surface area contributed by atoms with Gasteiger partial charge in [-0.15, -0.1) is 0 Å². The molecular formula is C21H34O4. The van der Waals surface area contributed by atoms with E-state index < -0.39 is 0 Å². The van der Waals surface area contributed by atoms with Crippen molar-refractivity contribution in [3.63, 3.8) is 0 Å². The largest absolute Gasteiger partial charge is 0.494 e. The lowest BCUT2D eigenvalue weighted by molar-refractivity contribution is -0.124. The summed E-state index contributed by atoms with van der Waals surface area (Å²) < 4.78 is 11.7. The molecule has 0 saturated heterocycles. The van der Waals surface area contributed by atoms with Crippen molar-refractivity contribution in [2.45, 2.75) is 74.1 Å². The van der Waals surface area contributed by atoms with Crippen LogP contribution in [0.4, 0.5) is 0 Å². The Bertz CT molecular complexity index is 560. The van der Waals surface area contributed by atoms with Crippen molar-refractivity contribution < 1.29 is 19.1 Å². The molecule has 0 aromatic heterocycles. The summed E-state index contributed by atoms with van der Waals surface area (Å²) in [4.78, 5) is 23.3. The van der Waals surface area contributed by atoms with E-state index in [0.717, 1.165) is 54.6 Å². The maximum absolute atomic E-state index is 12.3. The van der Waals surface area contributed by atoms with Crippen LogP contribution in [0.15, 0.2) is 22.7 Å². The summed E-state index contributed by atoms with van der Waals surface area (Å²) in [5, 5.41) is 0. The molecule has 0 aromatic carbocycles. The average Bonchev–Trinajstić information content (AvgIpc) is 2.53. The molecular weight excluding hydrogens is 316 g/mol. The molecule has 1 aliphatic rings. The fourth-order valence-corrected chi connectivity index (χ4v) is 2.83. The highest BCUT2D eigenvalue weighted by molar-refractivity contribution is 6.00. The molecule has 1 aliphatic carbocycles. The SMILES string of the molecule is CC(C)=C(CCC(C)(C)C=O)OCCOC1=C(C)C(=O)C(C)(C)CC1. The predicted octanol–water partition coefficient (Wildman–Crippen LogP) is 4.98. The van der Waals surface area contributed by atoms with Gasteiger partial charge in [-0.2, -0.15) is 0 Å². The molecule has 0 amide bonds. The quantitative estimate of drug-likeness (QED) is 0.334. The second kappa shape index (κ2) is 8.68. The Kier molecular flexibility index (Phi) is 7.45. The van der Waals surface area contributed by atoms with Gasteiger partial charge in [0.1, 0.15) is 25.3 Å². The summed E-state index contributed by atoms with van der Waals surface area (Å²) in [6.45, 7) is 14.6. The minimum Gasteiger partial charge on any atom is -0.494 e. The molecule has 0 aliphatic heterocycles. The van der Waals surface area contributed by atoms with Crippen molar-refractivity contribution in [2.24, 2.45) is 10.8 Å². The number of Topliss-reactive ketones (excluding diaryl/α,β-unsaturated/α-hetero) is 1. The second-order valence-corrected chi connectivity index (χ2v) is 8.49. The number of carbonyl (C=O) groups excluding carboxylic acids is 2. The van der Waals surface area contributed by atoms with Crippen molar-refractivity contribution in [3.8, 4) is 0 Å². The smallest absolute Gasteiger partial charge is 0.167 e. The fourth-order valence-electron chi connectivity index (χ4n) is 2.83. The van der Waals surface area contributed by atoms with Crippen LogP contribution in [-0.2, 0) is 19.1 Å². The Balaban J connectivity index is 2.51. The standard InChI is InChI=1S/C21H34O4/c1-15(2)17(8-10-20(4,5)14-22)24-12-13-25-18-9-11-21(6,7)19(23)16(18)3/h14H,8-13H2,1-7H3. The van der Waals surface area contributed by atoms with Crippen LogP contribution in [0.2, 0.25) is 0 Å². The molecule has 0 spiro atoms. The summed E-state index contributed by atoms with van der Waals surface area (Å²) in [5.74, 6) is 1.90. The molecule has 1 rings (SSSR count). The van der Waals surface area contributed by atoms with Crippen molar-refractivity contribution >= 4 is 12.1 Å². The third-order valence-corrected chi connectivity index (χ3v) is 4.86. The van der Waals surface area contributed by atoms with Crippen molar-refractivity contribution in [2.75, 3.05) is 13.2 Å². The van der Waals surface area contributed by atoms with E-state index in [-0.39, 0.29) is 16.6 Å². The summed E-state index contributed by atoms with van der Waals surface area (Å²) in [7, 11) is 0. The number of ketones is 1. The molecule has 25 heavy (non-hydrogen) atoms. The molecule has 0 radical (unpaired) electrons. The number of hydrogen-bond acceptors (Lipinski definition) is 4. The number of rotatable bonds is 9. The Morgan fingerprint density at radius 2 is 1.88 bits per heavy atom. The Morgan fingerprint density at radius 3 is 2.44 bits per heavy atom. The van der Waals surface area contributed by atoms with E-state index >= 15 is 0 Å². The molecule has 0 fully saturated rings. The van der Waals surface area contributed by atoms with Crippen LogP contribution < -0.4 is 0 Å². The van der Waals surface area contributed by atoms with E-state index in [9.17, 15) is 9.59 Å². The maximum atomic E-state index is 12.3. The second-order valence-electron chi connectivity index (χ2n) is 8.49. The van der Waals surface area contributed by atoms with Crippen LogP contribution in [0.1, 0.15) is 74.1 Å². The van der Waals surface area contributed by atoms with E-state index in [1.807, 2.05) is 48.5 Å². The van der Waals surface area contributed by atoms with Gasteiger partial charge in [0.25, 0.3) is 0 Å². The molecule has 0 unspecified atom stereocenters. The number of ether oxygens (including phenoxy) is 2. The van der Waals surface area contributed by atoms with Crippen LogP contribution >= 0.6 is 0 Å². The van der Waals surface area contributed by atoms with Gasteiger partial charge in [-0.05, 0) is 39.2 Å². The molecule has 0 bridgehead atoms. The summed E-state index contributed by atoms with van der Waals surface area (Å²) in [6.07, 6.45) is 4.11. The van der Waals surface area contributed by atoms with E-state index in [2.05, 4.69) is 0 Å². The number of allylic oxidation sites excluding steroid dienone is 4. The highest BCUT2D eigenvalue weighted by atomic mass is 16.5. The van der Waals surface area contributed by atoms with E-state index in [0.29, 0.717) is 13.2 Å². The minimum atomic E-state index is -0.336. The lowest BCUT2D eigenvalue weighted by Crippen LogP contribution is -2.30. The van der Waals surface area contributed by atoms with Crippen LogP contribution in [0, 0.1) is 10.8 Å². The number of carbonyl (C=O) groups is 2. The first-order valence-corrected chi connectivity index (χ1v) is 9.13. The number of hydrogen-bond donors (Lipinski definition) is 0. The molecule has 0 atom stereocenters. The van der Waals surface area contributed by atoms with Gasteiger partial charge in [-0.3, -0.25) is 4.79 Å². The molecule has 0 saturated carbocycles. The predicted molar refractivity (Wildman–Crippen MR) is 100 cm³/mol. The zero-order valence-corrected chi connectivity index (χ0v) is 17.0. The van der Waals surface area contributed by atoms with Gasteiger partial charge in [0.05, 0.1) is 5.76 Å². The van der Waals surface area contributed by atoms with E-state index in [4.69, 9.17) is 9.47 Å². The van der Waals surface area contributed by atoms with Crippen molar-refractivity contribution in [1.29, 1.82) is 0 Å². The van der Waals surface area contributed by atoms with Crippen molar-refractivity contribution in [3.05, 3.63) is 22.7 Å². The third-order valence-electron chi connectivity index (χ3n) is 4.86. The molecule has 0 heterocycles. The zero-order valence-electron chi connectivity index (χ0n) is 17.0. The summed E-state index contributed by atoms with van der Waals surface area (Å²) in [6, 6.07) is 0. The van der Waals surface area contributed by atoms with E-state index in [1.165, 1.54) is 0 Å². The maximum Gasteiger partial charge on any atom is 0.167 e. The topological polar surface area (TPSA) is 52.6 Å². The summed E-state index contributed by atoms with van der Waals surface area (Å²) in [5.41, 5.74) is 1.24. The van der Waals surface area contributed by atoms with E-state index in [1.54, 1.807) is 0 Å². The molecule has 0 aromatic rings. The molecule has 0 N–H and O–H groups in total. The zero-order chi connectivity index (χ0) is 19.3. The lowest BCUT2D eigenvalue weighted by atomic mass is 9.76. The van der Waals surface area contributed by atoms with Gasteiger partial charge in [-0.1, -0.05) is 27.7 Å². The summed E-state index contributed by atoms with van der Waals surface area (Å²) >= 11 is 0. The first-order valence-electron chi connectivity index (χ1n) is 9.13. The Hall–Kier alpha value is -1.58. The monoisotopic (exact) mass is 350 g/mol. The van der Waals surface area contributed by atoms with Gasteiger partial charge in [0.15, 0.2) is 5.78 Å². The number of aldehydes is 1. The average molecular weight is 350 g/mol. The van der Waals surface area contributed by atoms with Crippen LogP contribution in [-0.4, -0.2) is 25.3 Å². The molecule has 142 valence electrons. The van der Waals surface area contributed by atoms with Gasteiger partial charge in [-0.25, -0.2) is 0 Å². The van der Waals surface area contributed by atoms with Crippen LogP contribution in [0.5, 0.6) is 0 Å².